The number of ketones is 3. The molecule has 3 aromatic heterocycles. The fourth-order valence-electron chi connectivity index (χ4n) is 5.29. The SMILES string of the molecule is CC(=O)c1cccc2nc(C)c(F)nc12.CC(=O)c1cccc2nc(C)c(NC(C)(C)C)nc12.CC(C)(C)N.Cc1nc2cccc(C(=O)CBr)c2nc1NC(C)(C)C. The van der Waals surface area contributed by atoms with Crippen LogP contribution >= 0.6 is 15.9 Å². The molecule has 0 radical (unpaired) electrons. The molecule has 6 rings (SSSR count). The molecule has 0 unspecified atom stereocenters. The third-order valence-corrected chi connectivity index (χ3v) is 8.23. The van der Waals surface area contributed by atoms with Crippen molar-refractivity contribution in [1.29, 1.82) is 0 Å². The molecule has 0 amide bonds. The van der Waals surface area contributed by atoms with Gasteiger partial charge in [0.1, 0.15) is 28.2 Å². The first kappa shape index (κ1) is 48.0. The number of aromatic nitrogens is 6. The third kappa shape index (κ3) is 14.5. The predicted molar refractivity (Wildman–Crippen MR) is 242 cm³/mol. The Morgan fingerprint density at radius 3 is 1.24 bits per heavy atom. The van der Waals surface area contributed by atoms with Crippen LogP contribution in [0, 0.1) is 26.7 Å². The van der Waals surface area contributed by atoms with Crippen molar-refractivity contribution in [2.45, 2.75) is 114 Å². The van der Waals surface area contributed by atoms with Gasteiger partial charge in [-0.2, -0.15) is 4.39 Å². The monoisotopic (exact) mass is 869 g/mol. The largest absolute Gasteiger partial charge is 0.364 e. The summed E-state index contributed by atoms with van der Waals surface area (Å²) in [5.74, 6) is 0.698. The molecule has 6 aromatic rings. The second-order valence-corrected chi connectivity index (χ2v) is 17.8. The van der Waals surface area contributed by atoms with Crippen LogP contribution < -0.4 is 16.4 Å². The zero-order chi connectivity index (χ0) is 44.6. The van der Waals surface area contributed by atoms with Crippen LogP contribution in [-0.4, -0.2) is 69.2 Å². The number of fused-ring (bicyclic) bond motifs is 3. The van der Waals surface area contributed by atoms with Crippen molar-refractivity contribution >= 4 is 78.0 Å². The Morgan fingerprint density at radius 1 is 0.576 bits per heavy atom. The van der Waals surface area contributed by atoms with Gasteiger partial charge in [-0.15, -0.1) is 0 Å². The number of alkyl halides is 1. The normalized spacial score (nSPS) is 11.4. The zero-order valence-electron chi connectivity index (χ0n) is 36.6. The van der Waals surface area contributed by atoms with Crippen molar-refractivity contribution in [3.63, 3.8) is 0 Å². The number of nitrogens with one attached hydrogen (secondary N) is 2. The summed E-state index contributed by atoms with van der Waals surface area (Å²) in [5, 5.41) is 6.93. The molecule has 0 aliphatic rings. The fourth-order valence-corrected chi connectivity index (χ4v) is 5.59. The summed E-state index contributed by atoms with van der Waals surface area (Å²) in [6, 6.07) is 16.0. The van der Waals surface area contributed by atoms with Crippen LogP contribution in [0.25, 0.3) is 33.1 Å². The van der Waals surface area contributed by atoms with Crippen molar-refractivity contribution in [3.8, 4) is 0 Å². The summed E-state index contributed by atoms with van der Waals surface area (Å²) >= 11 is 3.21. The van der Waals surface area contributed by atoms with Crippen molar-refractivity contribution < 1.29 is 18.8 Å². The van der Waals surface area contributed by atoms with Gasteiger partial charge in [-0.05, 0) is 133 Å². The van der Waals surface area contributed by atoms with E-state index in [2.05, 4.69) is 98.0 Å². The minimum atomic E-state index is -0.629. The van der Waals surface area contributed by atoms with Crippen molar-refractivity contribution in [2.75, 3.05) is 16.0 Å². The second-order valence-electron chi connectivity index (χ2n) is 17.2. The van der Waals surface area contributed by atoms with Gasteiger partial charge < -0.3 is 16.4 Å². The smallest absolute Gasteiger partial charge is 0.234 e. The number of rotatable bonds is 6. The minimum absolute atomic E-state index is 0. The molecule has 0 spiro atoms. The number of aryl methyl sites for hydroxylation is 3. The van der Waals surface area contributed by atoms with Gasteiger partial charge in [0.25, 0.3) is 0 Å². The molecule has 0 aliphatic carbocycles. The number of carbonyl (C=O) groups is 3. The Morgan fingerprint density at radius 2 is 0.898 bits per heavy atom. The number of Topliss-reactive ketones (excluding diaryl/α,β-unsaturated/α-hetero) is 3. The van der Waals surface area contributed by atoms with E-state index in [-0.39, 0.29) is 45.0 Å². The molecule has 0 saturated carbocycles. The highest BCUT2D eigenvalue weighted by Gasteiger charge is 2.18. The highest BCUT2D eigenvalue weighted by molar-refractivity contribution is 9.09. The first-order chi connectivity index (χ1) is 27.2. The minimum Gasteiger partial charge on any atom is -0.364 e. The fraction of sp³-hybridized carbons (Fsp3) is 0.400. The zero-order valence-corrected chi connectivity index (χ0v) is 38.2. The first-order valence-corrected chi connectivity index (χ1v) is 20.2. The summed E-state index contributed by atoms with van der Waals surface area (Å²) in [4.78, 5) is 60.9. The maximum absolute atomic E-state index is 13.2. The topological polar surface area (TPSA) is 179 Å². The van der Waals surface area contributed by atoms with Crippen molar-refractivity contribution in [1.82, 2.24) is 29.9 Å². The van der Waals surface area contributed by atoms with Crippen LogP contribution in [0.3, 0.4) is 0 Å². The quantitative estimate of drug-likeness (QED) is 0.107. The van der Waals surface area contributed by atoms with Crippen LogP contribution in [0.5, 0.6) is 0 Å². The van der Waals surface area contributed by atoms with E-state index < -0.39 is 5.95 Å². The number of anilines is 2. The number of para-hydroxylation sites is 3. The van der Waals surface area contributed by atoms with Crippen LogP contribution in [0.2, 0.25) is 0 Å². The molecule has 314 valence electrons. The lowest BCUT2D eigenvalue weighted by Crippen LogP contribution is -2.27. The van der Waals surface area contributed by atoms with Crippen LogP contribution in [0.15, 0.2) is 54.6 Å². The molecular weight excluding hydrogens is 813 g/mol. The Labute approximate surface area is 355 Å². The summed E-state index contributed by atoms with van der Waals surface area (Å²) in [5.41, 5.74) is 12.3. The van der Waals surface area contributed by atoms with E-state index in [4.69, 9.17) is 5.73 Å². The van der Waals surface area contributed by atoms with E-state index in [9.17, 15) is 18.8 Å². The van der Waals surface area contributed by atoms with Gasteiger partial charge in [0.15, 0.2) is 17.3 Å². The average Bonchev–Trinajstić information content (AvgIpc) is 3.10. The van der Waals surface area contributed by atoms with Gasteiger partial charge in [0.05, 0.1) is 39.0 Å². The number of hydrogen-bond acceptors (Lipinski definition) is 12. The number of halogens is 2. The molecule has 0 atom stereocenters. The van der Waals surface area contributed by atoms with Crippen molar-refractivity contribution in [3.05, 3.63) is 94.3 Å². The summed E-state index contributed by atoms with van der Waals surface area (Å²) in [7, 11) is 0. The van der Waals surface area contributed by atoms with Gasteiger partial charge >= 0.3 is 0 Å². The van der Waals surface area contributed by atoms with E-state index in [0.29, 0.717) is 38.8 Å². The molecule has 3 heterocycles. The Hall–Kier alpha value is -5.34. The first-order valence-electron chi connectivity index (χ1n) is 19.1. The predicted octanol–water partition coefficient (Wildman–Crippen LogP) is 10.1. The molecule has 12 nitrogen and oxygen atoms in total. The summed E-state index contributed by atoms with van der Waals surface area (Å²) in [6.45, 7) is 26.6. The van der Waals surface area contributed by atoms with E-state index in [0.717, 1.165) is 34.1 Å². The number of carbonyl (C=O) groups excluding carboxylic acids is 3. The van der Waals surface area contributed by atoms with Gasteiger partial charge in [0.2, 0.25) is 5.95 Å². The Balaban J connectivity index is 0.000000225. The lowest BCUT2D eigenvalue weighted by Gasteiger charge is -2.22. The maximum atomic E-state index is 13.2. The lowest BCUT2D eigenvalue weighted by atomic mass is 10.1. The van der Waals surface area contributed by atoms with Gasteiger partial charge in [0, 0.05) is 33.3 Å². The molecule has 3 aromatic carbocycles. The molecule has 14 heteroatoms. The summed E-state index contributed by atoms with van der Waals surface area (Å²) < 4.78 is 13.2. The van der Waals surface area contributed by atoms with Gasteiger partial charge in [-0.1, -0.05) is 34.1 Å². The molecular formula is C45H57BrFN9O3. The molecule has 0 saturated heterocycles. The van der Waals surface area contributed by atoms with Crippen LogP contribution in [-0.2, 0) is 0 Å². The van der Waals surface area contributed by atoms with Crippen LogP contribution in [0.1, 0.15) is 124 Å². The van der Waals surface area contributed by atoms with Crippen LogP contribution in [0.4, 0.5) is 16.0 Å². The lowest BCUT2D eigenvalue weighted by molar-refractivity contribution is 0.101. The Kier molecular flexibility index (Phi) is 16.0. The maximum Gasteiger partial charge on any atom is 0.234 e. The number of nitrogens with two attached hydrogens (primary N) is 1. The molecule has 0 fully saturated rings. The molecule has 0 bridgehead atoms. The van der Waals surface area contributed by atoms with E-state index >= 15 is 0 Å². The molecule has 4 N–H and O–H groups in total. The van der Waals surface area contributed by atoms with E-state index in [1.165, 1.54) is 6.92 Å². The molecule has 0 aliphatic heterocycles. The number of nitrogens with zero attached hydrogens (tertiary/aromatic N) is 6. The van der Waals surface area contributed by atoms with E-state index in [1.54, 1.807) is 44.2 Å². The van der Waals surface area contributed by atoms with Crippen molar-refractivity contribution in [2.24, 2.45) is 5.73 Å². The second kappa shape index (κ2) is 19.6. The number of benzene rings is 3. The standard InChI is InChI=1S/C15H18BrN3O.C15H19N3O.C11H9FN2O.C4H11N/c1-9-14(19-15(2,3)4)18-13-10(12(20)8-16)6-5-7-11(13)17-9;1-9-14(18-15(3,4)5)17-13-11(10(2)19)7-6-8-12(13)16-9;1-6-11(12)14-10-8(7(2)15)4-3-5-9(10)13-6;1-4(2,3)5/h5-7H,8H2,1-4H3,(H,18,19);6-8H,1-5H3,(H,17,18);3-5H,1-2H3;5H2,1-3H3. The average molecular weight is 871 g/mol. The summed E-state index contributed by atoms with van der Waals surface area (Å²) in [6.07, 6.45) is 0. The highest BCUT2D eigenvalue weighted by Crippen LogP contribution is 2.24. The highest BCUT2D eigenvalue weighted by atomic mass is 79.9. The van der Waals surface area contributed by atoms with E-state index in [1.807, 2.05) is 58.9 Å². The third-order valence-electron chi connectivity index (χ3n) is 7.72. The Bertz CT molecular complexity index is 2480. The molecule has 59 heavy (non-hydrogen) atoms. The van der Waals surface area contributed by atoms with Gasteiger partial charge in [-0.25, -0.2) is 29.9 Å². The number of hydrogen-bond donors (Lipinski definition) is 3. The van der Waals surface area contributed by atoms with Gasteiger partial charge in [-0.3, -0.25) is 14.4 Å².